The maximum atomic E-state index is 13.2. The van der Waals surface area contributed by atoms with E-state index in [1.54, 1.807) is 6.92 Å². The Labute approximate surface area is 118 Å². The van der Waals surface area contributed by atoms with Gasteiger partial charge in [0.05, 0.1) is 17.9 Å². The molecule has 3 N–H and O–H groups in total. The van der Waals surface area contributed by atoms with Crippen molar-refractivity contribution in [3.63, 3.8) is 0 Å². The van der Waals surface area contributed by atoms with Crippen molar-refractivity contribution in [1.29, 1.82) is 0 Å². The van der Waals surface area contributed by atoms with Crippen LogP contribution >= 0.6 is 15.9 Å². The minimum atomic E-state index is -0.800. The first-order chi connectivity index (χ1) is 8.86. The molecule has 5 nitrogen and oxygen atoms in total. The maximum Gasteiger partial charge on any atom is 0.328 e. The van der Waals surface area contributed by atoms with Crippen LogP contribution in [0.25, 0.3) is 0 Å². The molecule has 1 atom stereocenters. The highest BCUT2D eigenvalue weighted by atomic mass is 79.9. The molecule has 19 heavy (non-hydrogen) atoms. The molecule has 0 radical (unpaired) electrons. The molecule has 7 heteroatoms. The largest absolute Gasteiger partial charge is 0.464 e. The van der Waals surface area contributed by atoms with Crippen molar-refractivity contribution in [3.05, 3.63) is 28.0 Å². The zero-order chi connectivity index (χ0) is 14.6. The average Bonchev–Trinajstić information content (AvgIpc) is 2.33. The Bertz CT molecular complexity index is 508. The Kier molecular flexibility index (Phi) is 5.29. The van der Waals surface area contributed by atoms with E-state index in [0.717, 1.165) is 6.07 Å². The molecule has 0 spiro atoms. The van der Waals surface area contributed by atoms with Gasteiger partial charge in [-0.05, 0) is 41.9 Å². The standard InChI is InChI=1S/C12H14BrFN2O3/c1-3-19-12(18)6(2)16-11(17)7-4-10(15)9(14)5-8(7)13/h4-6H,3,15H2,1-2H3,(H,16,17). The second-order valence-electron chi connectivity index (χ2n) is 3.80. The summed E-state index contributed by atoms with van der Waals surface area (Å²) in [5, 5.41) is 2.45. The lowest BCUT2D eigenvalue weighted by Gasteiger charge is -2.13. The predicted octanol–water partition coefficient (Wildman–Crippen LogP) is 1.85. The number of ether oxygens (including phenoxy) is 1. The number of hydrogen-bond acceptors (Lipinski definition) is 4. The second-order valence-corrected chi connectivity index (χ2v) is 4.66. The number of carbonyl (C=O) groups excluding carboxylic acids is 2. The van der Waals surface area contributed by atoms with Gasteiger partial charge in [-0.1, -0.05) is 0 Å². The van der Waals surface area contributed by atoms with Crippen molar-refractivity contribution in [2.45, 2.75) is 19.9 Å². The fourth-order valence-electron chi connectivity index (χ4n) is 1.34. The fraction of sp³-hybridized carbons (Fsp3) is 0.333. The third-order valence-corrected chi connectivity index (χ3v) is 2.97. The third kappa shape index (κ3) is 3.92. The Balaban J connectivity index is 2.84. The first kappa shape index (κ1) is 15.4. The van der Waals surface area contributed by atoms with E-state index in [9.17, 15) is 14.0 Å². The molecule has 0 heterocycles. The van der Waals surface area contributed by atoms with E-state index < -0.39 is 23.7 Å². The number of esters is 1. The predicted molar refractivity (Wildman–Crippen MR) is 72.1 cm³/mol. The van der Waals surface area contributed by atoms with Crippen LogP contribution in [-0.2, 0) is 9.53 Å². The number of anilines is 1. The van der Waals surface area contributed by atoms with E-state index in [1.165, 1.54) is 13.0 Å². The van der Waals surface area contributed by atoms with Crippen molar-refractivity contribution in [2.75, 3.05) is 12.3 Å². The summed E-state index contributed by atoms with van der Waals surface area (Å²) in [6.07, 6.45) is 0. The zero-order valence-electron chi connectivity index (χ0n) is 10.5. The number of carbonyl (C=O) groups is 2. The molecule has 104 valence electrons. The number of nitrogens with two attached hydrogens (primary N) is 1. The summed E-state index contributed by atoms with van der Waals surface area (Å²) in [7, 11) is 0. The summed E-state index contributed by atoms with van der Waals surface area (Å²) in [5.41, 5.74) is 5.40. The van der Waals surface area contributed by atoms with Crippen molar-refractivity contribution in [2.24, 2.45) is 0 Å². The van der Waals surface area contributed by atoms with Gasteiger partial charge in [-0.25, -0.2) is 9.18 Å². The highest BCUT2D eigenvalue weighted by molar-refractivity contribution is 9.10. The highest BCUT2D eigenvalue weighted by Gasteiger charge is 2.20. The number of hydrogen-bond donors (Lipinski definition) is 2. The molecule has 0 aromatic heterocycles. The molecule has 0 aliphatic rings. The Hall–Kier alpha value is -1.63. The molecular formula is C12H14BrFN2O3. The lowest BCUT2D eigenvalue weighted by molar-refractivity contribution is -0.144. The van der Waals surface area contributed by atoms with Crippen LogP contribution in [0.5, 0.6) is 0 Å². The molecule has 0 aliphatic carbocycles. The molecule has 0 fully saturated rings. The molecule has 0 bridgehead atoms. The lowest BCUT2D eigenvalue weighted by atomic mass is 10.1. The van der Waals surface area contributed by atoms with Crippen LogP contribution in [0.1, 0.15) is 24.2 Å². The molecular weight excluding hydrogens is 319 g/mol. The summed E-state index contributed by atoms with van der Waals surface area (Å²) in [4.78, 5) is 23.3. The molecule has 0 aliphatic heterocycles. The van der Waals surface area contributed by atoms with E-state index >= 15 is 0 Å². The van der Waals surface area contributed by atoms with Gasteiger partial charge in [0.2, 0.25) is 0 Å². The molecule has 1 amide bonds. The number of amides is 1. The van der Waals surface area contributed by atoms with Crippen LogP contribution in [0, 0.1) is 5.82 Å². The first-order valence-corrected chi connectivity index (χ1v) is 6.38. The highest BCUT2D eigenvalue weighted by Crippen LogP contribution is 2.22. The van der Waals surface area contributed by atoms with Crippen molar-refractivity contribution >= 4 is 33.5 Å². The van der Waals surface area contributed by atoms with Gasteiger partial charge in [0, 0.05) is 4.47 Å². The Morgan fingerprint density at radius 3 is 2.74 bits per heavy atom. The topological polar surface area (TPSA) is 81.4 Å². The van der Waals surface area contributed by atoms with Crippen LogP contribution in [0.15, 0.2) is 16.6 Å². The summed E-state index contributed by atoms with van der Waals surface area (Å²) < 4.78 is 18.2. The molecule has 1 rings (SSSR count). The van der Waals surface area contributed by atoms with Gasteiger partial charge in [-0.3, -0.25) is 4.79 Å². The number of nitrogen functional groups attached to an aromatic ring is 1. The van der Waals surface area contributed by atoms with E-state index in [0.29, 0.717) is 0 Å². The van der Waals surface area contributed by atoms with E-state index in [-0.39, 0.29) is 22.3 Å². The summed E-state index contributed by atoms with van der Waals surface area (Å²) in [6.45, 7) is 3.40. The van der Waals surface area contributed by atoms with Gasteiger partial charge in [0.1, 0.15) is 11.9 Å². The second kappa shape index (κ2) is 6.51. The van der Waals surface area contributed by atoms with Crippen LogP contribution < -0.4 is 11.1 Å². The number of benzene rings is 1. The van der Waals surface area contributed by atoms with Crippen LogP contribution in [0.2, 0.25) is 0 Å². The average molecular weight is 333 g/mol. The molecule has 1 unspecified atom stereocenters. The normalized spacial score (nSPS) is 11.8. The quantitative estimate of drug-likeness (QED) is 0.651. The SMILES string of the molecule is CCOC(=O)C(C)NC(=O)c1cc(N)c(F)cc1Br. The zero-order valence-corrected chi connectivity index (χ0v) is 12.1. The van der Waals surface area contributed by atoms with Gasteiger partial charge in [-0.15, -0.1) is 0 Å². The van der Waals surface area contributed by atoms with Crippen LogP contribution in [0.4, 0.5) is 10.1 Å². The number of rotatable bonds is 4. The Morgan fingerprint density at radius 1 is 1.53 bits per heavy atom. The van der Waals surface area contributed by atoms with E-state index in [4.69, 9.17) is 10.5 Å². The monoisotopic (exact) mass is 332 g/mol. The van der Waals surface area contributed by atoms with E-state index in [2.05, 4.69) is 21.2 Å². The maximum absolute atomic E-state index is 13.2. The van der Waals surface area contributed by atoms with Gasteiger partial charge in [0.25, 0.3) is 5.91 Å². The van der Waals surface area contributed by atoms with Crippen LogP contribution in [-0.4, -0.2) is 24.5 Å². The minimum absolute atomic E-state index is 0.142. The first-order valence-electron chi connectivity index (χ1n) is 5.58. The van der Waals surface area contributed by atoms with Crippen molar-refractivity contribution in [3.8, 4) is 0 Å². The Morgan fingerprint density at radius 2 is 2.16 bits per heavy atom. The summed E-state index contributed by atoms with van der Waals surface area (Å²) >= 11 is 3.07. The number of halogens is 2. The van der Waals surface area contributed by atoms with Gasteiger partial charge in [0.15, 0.2) is 0 Å². The summed E-state index contributed by atoms with van der Waals surface area (Å²) in [5.74, 6) is -1.71. The molecule has 0 saturated carbocycles. The lowest BCUT2D eigenvalue weighted by Crippen LogP contribution is -2.39. The molecule has 0 saturated heterocycles. The van der Waals surface area contributed by atoms with Crippen LogP contribution in [0.3, 0.4) is 0 Å². The smallest absolute Gasteiger partial charge is 0.328 e. The molecule has 1 aromatic carbocycles. The van der Waals surface area contributed by atoms with Crippen molar-refractivity contribution in [1.82, 2.24) is 5.32 Å². The van der Waals surface area contributed by atoms with Gasteiger partial charge < -0.3 is 15.8 Å². The molecule has 1 aromatic rings. The number of nitrogens with one attached hydrogen (secondary N) is 1. The summed E-state index contributed by atoms with van der Waals surface area (Å²) in [6, 6.07) is 1.50. The third-order valence-electron chi connectivity index (χ3n) is 2.32. The van der Waals surface area contributed by atoms with Gasteiger partial charge >= 0.3 is 5.97 Å². The van der Waals surface area contributed by atoms with E-state index in [1.807, 2.05) is 0 Å². The van der Waals surface area contributed by atoms with Gasteiger partial charge in [-0.2, -0.15) is 0 Å². The fourth-order valence-corrected chi connectivity index (χ4v) is 1.84. The van der Waals surface area contributed by atoms with Crippen molar-refractivity contribution < 1.29 is 18.7 Å². The minimum Gasteiger partial charge on any atom is -0.464 e.